The lowest BCUT2D eigenvalue weighted by atomic mass is 10.1. The van der Waals surface area contributed by atoms with E-state index in [4.69, 9.17) is 4.74 Å². The maximum Gasteiger partial charge on any atom is 0.341 e. The Morgan fingerprint density at radius 2 is 1.94 bits per heavy atom. The number of fused-ring (bicyclic) bond motifs is 1. The molecule has 9 heteroatoms. The Labute approximate surface area is 193 Å². The number of aromatic carboxylic acids is 1. The highest BCUT2D eigenvalue weighted by Gasteiger charge is 2.32. The van der Waals surface area contributed by atoms with E-state index >= 15 is 8.78 Å². The van der Waals surface area contributed by atoms with E-state index in [1.165, 1.54) is 10.8 Å². The zero-order valence-corrected chi connectivity index (χ0v) is 18.5. The molecule has 2 fully saturated rings. The van der Waals surface area contributed by atoms with Gasteiger partial charge in [-0.25, -0.2) is 13.6 Å². The number of hydrogen-bond acceptors (Lipinski definition) is 5. The second kappa shape index (κ2) is 8.55. The first kappa shape index (κ1) is 22.1. The average molecular weight is 467 g/mol. The molecule has 1 unspecified atom stereocenters. The van der Waals surface area contributed by atoms with E-state index in [0.29, 0.717) is 19.5 Å². The number of methoxy groups -OCH3 is 1. The number of ether oxygens (including phenoxy) is 1. The number of halogens is 2. The van der Waals surface area contributed by atoms with Gasteiger partial charge < -0.3 is 19.3 Å². The molecular formula is C25H23F2N3O4. The van der Waals surface area contributed by atoms with Crippen LogP contribution in [0.15, 0.2) is 46.3 Å². The van der Waals surface area contributed by atoms with Gasteiger partial charge in [-0.3, -0.25) is 9.79 Å². The van der Waals surface area contributed by atoms with Gasteiger partial charge in [0.15, 0.2) is 5.82 Å². The number of carbonyl (C=O) groups is 1. The molecule has 1 saturated heterocycles. The minimum atomic E-state index is -1.41. The number of pyridine rings is 1. The number of nitrogens with zero attached hydrogens (tertiary/aromatic N) is 3. The number of carboxylic acids is 1. The van der Waals surface area contributed by atoms with Gasteiger partial charge in [-0.2, -0.15) is 0 Å². The van der Waals surface area contributed by atoms with E-state index in [2.05, 4.69) is 4.99 Å². The first-order valence-corrected chi connectivity index (χ1v) is 11.1. The Kier molecular flexibility index (Phi) is 5.55. The molecule has 3 aromatic rings. The molecule has 2 aliphatic rings. The van der Waals surface area contributed by atoms with Crippen LogP contribution in [-0.4, -0.2) is 48.1 Å². The predicted molar refractivity (Wildman–Crippen MR) is 125 cm³/mol. The molecule has 5 rings (SSSR count). The summed E-state index contributed by atoms with van der Waals surface area (Å²) in [6.45, 7) is 0.734. The van der Waals surface area contributed by atoms with Crippen LogP contribution in [0.2, 0.25) is 0 Å². The predicted octanol–water partition coefficient (Wildman–Crippen LogP) is 4.02. The lowest BCUT2D eigenvalue weighted by Crippen LogP contribution is -2.25. The zero-order valence-electron chi connectivity index (χ0n) is 18.5. The van der Waals surface area contributed by atoms with Crippen LogP contribution in [0.25, 0.3) is 10.9 Å². The van der Waals surface area contributed by atoms with Crippen molar-refractivity contribution < 1.29 is 23.4 Å². The maximum absolute atomic E-state index is 15.8. The second-order valence-corrected chi connectivity index (χ2v) is 8.67. The third-order valence-corrected chi connectivity index (χ3v) is 6.38. The van der Waals surface area contributed by atoms with Crippen LogP contribution < -0.4 is 15.1 Å². The lowest BCUT2D eigenvalue weighted by Gasteiger charge is -2.22. The highest BCUT2D eigenvalue weighted by atomic mass is 19.1. The SMILES string of the molecule is COc1ccc(/C=N/C2CCN(c3c(F)cc4c(=O)c(C(=O)O)cn(C5CC5)c4c3F)C2)cc1. The van der Waals surface area contributed by atoms with Crippen LogP contribution in [-0.2, 0) is 0 Å². The maximum atomic E-state index is 15.8. The van der Waals surface area contributed by atoms with Crippen molar-refractivity contribution in [3.63, 3.8) is 0 Å². The minimum Gasteiger partial charge on any atom is -0.497 e. The molecule has 2 aromatic carbocycles. The molecule has 2 heterocycles. The van der Waals surface area contributed by atoms with Crippen LogP contribution in [0.5, 0.6) is 5.75 Å². The molecule has 0 bridgehead atoms. The van der Waals surface area contributed by atoms with E-state index < -0.39 is 28.6 Å². The summed E-state index contributed by atoms with van der Waals surface area (Å²) in [5.41, 5.74) is -0.720. The first-order valence-electron chi connectivity index (χ1n) is 11.1. The van der Waals surface area contributed by atoms with Crippen molar-refractivity contribution in [3.8, 4) is 5.75 Å². The average Bonchev–Trinajstić information content (AvgIpc) is 3.57. The van der Waals surface area contributed by atoms with Gasteiger partial charge in [-0.1, -0.05) is 0 Å². The number of anilines is 1. The van der Waals surface area contributed by atoms with Crippen molar-refractivity contribution >= 4 is 28.8 Å². The van der Waals surface area contributed by atoms with Gasteiger partial charge in [0.25, 0.3) is 0 Å². The molecule has 1 aliphatic carbocycles. The number of rotatable bonds is 6. The number of aliphatic imine (C=N–C) groups is 1. The molecule has 1 aliphatic heterocycles. The molecule has 0 radical (unpaired) electrons. The first-order chi connectivity index (χ1) is 16.4. The van der Waals surface area contributed by atoms with Crippen molar-refractivity contribution in [1.82, 2.24) is 4.57 Å². The fourth-order valence-electron chi connectivity index (χ4n) is 4.46. The normalized spacial score (nSPS) is 18.2. The smallest absolute Gasteiger partial charge is 0.341 e. The van der Waals surface area contributed by atoms with Crippen LogP contribution in [0.1, 0.15) is 41.2 Å². The lowest BCUT2D eigenvalue weighted by molar-refractivity contribution is 0.0694. The van der Waals surface area contributed by atoms with E-state index in [-0.39, 0.29) is 28.7 Å². The van der Waals surface area contributed by atoms with Crippen molar-refractivity contribution in [3.05, 3.63) is 69.5 Å². The van der Waals surface area contributed by atoms with E-state index in [1.54, 1.807) is 18.2 Å². The van der Waals surface area contributed by atoms with Crippen molar-refractivity contribution in [2.45, 2.75) is 31.3 Å². The van der Waals surface area contributed by atoms with E-state index in [1.807, 2.05) is 24.3 Å². The Morgan fingerprint density at radius 3 is 2.59 bits per heavy atom. The largest absolute Gasteiger partial charge is 0.497 e. The summed E-state index contributed by atoms with van der Waals surface area (Å²) in [7, 11) is 1.59. The van der Waals surface area contributed by atoms with Crippen LogP contribution >= 0.6 is 0 Å². The van der Waals surface area contributed by atoms with Crippen molar-refractivity contribution in [1.29, 1.82) is 0 Å². The van der Waals surface area contributed by atoms with Gasteiger partial charge in [-0.05, 0) is 55.2 Å². The molecule has 1 saturated carbocycles. The summed E-state index contributed by atoms with van der Waals surface area (Å²) in [6, 6.07) is 8.14. The Bertz CT molecular complexity index is 1360. The second-order valence-electron chi connectivity index (χ2n) is 8.67. The third-order valence-electron chi connectivity index (χ3n) is 6.38. The third kappa shape index (κ3) is 3.91. The standard InChI is InChI=1S/C25H23F2N3O4/c1-34-17-6-2-14(3-7-17)11-28-15-8-9-29(12-15)23-20(26)10-18-22(21(23)27)30(16-4-5-16)13-19(24(18)31)25(32)33/h2-3,6-7,10-11,13,15-16H,4-5,8-9,12H2,1H3,(H,32,33)/b28-11+. The molecule has 1 atom stereocenters. The van der Waals surface area contributed by atoms with Crippen molar-refractivity contribution in [2.24, 2.45) is 4.99 Å². The summed E-state index contributed by atoms with van der Waals surface area (Å²) in [5.74, 6) is -2.39. The van der Waals surface area contributed by atoms with E-state index in [9.17, 15) is 14.7 Å². The summed E-state index contributed by atoms with van der Waals surface area (Å²) in [6.07, 6.45) is 5.03. The van der Waals surface area contributed by atoms with Gasteiger partial charge in [-0.15, -0.1) is 0 Å². The number of hydrogen-bond donors (Lipinski definition) is 1. The number of aromatic nitrogens is 1. The number of carboxylic acid groups (broad SMARTS) is 1. The van der Waals surface area contributed by atoms with Gasteiger partial charge in [0.1, 0.15) is 22.8 Å². The van der Waals surface area contributed by atoms with Gasteiger partial charge in [0.05, 0.1) is 24.1 Å². The van der Waals surface area contributed by atoms with E-state index in [0.717, 1.165) is 30.2 Å². The molecule has 1 aromatic heterocycles. The van der Waals surface area contributed by atoms with Crippen LogP contribution in [0.4, 0.5) is 14.5 Å². The fraction of sp³-hybridized carbons (Fsp3) is 0.320. The Morgan fingerprint density at radius 1 is 1.21 bits per heavy atom. The summed E-state index contributed by atoms with van der Waals surface area (Å²) >= 11 is 0. The molecule has 34 heavy (non-hydrogen) atoms. The van der Waals surface area contributed by atoms with Gasteiger partial charge >= 0.3 is 5.97 Å². The zero-order chi connectivity index (χ0) is 24.0. The summed E-state index contributed by atoms with van der Waals surface area (Å²) < 4.78 is 37.5. The van der Waals surface area contributed by atoms with Gasteiger partial charge in [0, 0.05) is 31.5 Å². The fourth-order valence-corrected chi connectivity index (χ4v) is 4.46. The quantitative estimate of drug-likeness (QED) is 0.554. The van der Waals surface area contributed by atoms with Crippen LogP contribution in [0.3, 0.4) is 0 Å². The molecule has 1 N–H and O–H groups in total. The molecule has 176 valence electrons. The number of benzene rings is 2. The molecular weight excluding hydrogens is 444 g/mol. The molecule has 0 spiro atoms. The minimum absolute atomic E-state index is 0.0425. The van der Waals surface area contributed by atoms with Crippen molar-refractivity contribution in [2.75, 3.05) is 25.1 Å². The highest BCUT2D eigenvalue weighted by molar-refractivity contribution is 5.94. The summed E-state index contributed by atoms with van der Waals surface area (Å²) in [5, 5.41) is 9.13. The summed E-state index contributed by atoms with van der Waals surface area (Å²) in [4.78, 5) is 30.3. The molecule has 7 nitrogen and oxygen atoms in total. The van der Waals surface area contributed by atoms with Gasteiger partial charge in [0.2, 0.25) is 5.43 Å². The monoisotopic (exact) mass is 467 g/mol. The topological polar surface area (TPSA) is 84.1 Å². The Balaban J connectivity index is 1.47. The highest BCUT2D eigenvalue weighted by Crippen LogP contribution is 2.40. The van der Waals surface area contributed by atoms with Crippen LogP contribution in [0, 0.1) is 11.6 Å². The molecule has 0 amide bonds. The Hall–Kier alpha value is -3.75.